The molecule has 0 N–H and O–H groups in total. The number of hydrogen-bond donors (Lipinski definition) is 0. The van der Waals surface area contributed by atoms with Gasteiger partial charge in [-0.05, 0) is 0 Å². The smallest absolute Gasteiger partial charge is 0.0617 e. The van der Waals surface area contributed by atoms with E-state index in [1.165, 1.54) is 85.3 Å². The average Bonchev–Trinajstić information content (AvgIpc) is 3.85. The van der Waals surface area contributed by atoms with Gasteiger partial charge in [-0.2, -0.15) is 0 Å². The van der Waals surface area contributed by atoms with Gasteiger partial charge in [0.05, 0.1) is 0 Å². The molecule has 0 aliphatic heterocycles. The van der Waals surface area contributed by atoms with E-state index < -0.39 is 5.41 Å². The molecule has 1 aromatic heterocycles. The fourth-order valence-corrected chi connectivity index (χ4v) is 12.6. The number of rotatable bonds is 6. The SMILES string of the molecule is c1ccc(-c2ccc(N(c3ccc4ccc5ccc6c7ccccc7[se]c6c5c4c3)c3cccc4c3-c3ccccc3C4(c3ccccc3)c3ccccc3)cc2)cc1. The molecule has 0 saturated heterocycles. The van der Waals surface area contributed by atoms with E-state index >= 15 is 0 Å². The van der Waals surface area contributed by atoms with Crippen LogP contribution < -0.4 is 4.90 Å². The van der Waals surface area contributed by atoms with Crippen molar-refractivity contribution in [3.05, 3.63) is 247 Å². The molecule has 0 radical (unpaired) electrons. The zero-order valence-electron chi connectivity index (χ0n) is 32.2. The summed E-state index contributed by atoms with van der Waals surface area (Å²) in [6, 6.07) is 83.5. The number of anilines is 3. The van der Waals surface area contributed by atoms with Gasteiger partial charge < -0.3 is 0 Å². The molecule has 2 heteroatoms. The Bertz CT molecular complexity index is 3330. The van der Waals surface area contributed by atoms with Crippen LogP contribution in [0.25, 0.3) is 63.1 Å². The Morgan fingerprint density at radius 3 is 1.76 bits per heavy atom. The Morgan fingerprint density at radius 2 is 0.983 bits per heavy atom. The third-order valence-electron chi connectivity index (χ3n) is 12.5. The Hall–Kier alpha value is -6.96. The van der Waals surface area contributed by atoms with Crippen LogP contribution in [0.4, 0.5) is 17.1 Å². The molecule has 11 aromatic rings. The summed E-state index contributed by atoms with van der Waals surface area (Å²) in [4.78, 5) is 2.51. The molecule has 276 valence electrons. The predicted octanol–water partition coefficient (Wildman–Crippen LogP) is 14.9. The first-order chi connectivity index (χ1) is 29.3. The van der Waals surface area contributed by atoms with E-state index in [1.54, 1.807) is 0 Å². The summed E-state index contributed by atoms with van der Waals surface area (Å²) >= 11 is 0.227. The van der Waals surface area contributed by atoms with Crippen LogP contribution in [-0.4, -0.2) is 14.5 Å². The Balaban J connectivity index is 1.16. The summed E-state index contributed by atoms with van der Waals surface area (Å²) in [6.07, 6.45) is 0. The fourth-order valence-electron chi connectivity index (χ4n) is 9.97. The topological polar surface area (TPSA) is 3.24 Å². The molecule has 1 heterocycles. The van der Waals surface area contributed by atoms with Gasteiger partial charge in [-0.1, -0.05) is 54.6 Å². The molecule has 0 saturated carbocycles. The number of fused-ring (bicyclic) bond motifs is 10. The minimum atomic E-state index is -0.496. The fraction of sp³-hybridized carbons (Fsp3) is 0.0175. The normalized spacial score (nSPS) is 12.9. The van der Waals surface area contributed by atoms with Crippen LogP contribution in [0.3, 0.4) is 0 Å². The second kappa shape index (κ2) is 13.6. The standard InChI is InChI=1S/C57H37NSe/c1-4-15-38(16-5-1)39-29-33-44(34-30-39)58(45-35-31-40-27-28-41-32-36-47-46-21-11-13-26-53(46)59-56(47)54(41)49(40)37-45)52-25-14-24-51-55(52)48-22-10-12-23-50(48)57(51,42-17-6-2-7-18-42)43-19-8-3-9-20-43/h1-37H. The summed E-state index contributed by atoms with van der Waals surface area (Å²) in [5.41, 5.74) is 13.0. The van der Waals surface area contributed by atoms with Crippen molar-refractivity contribution >= 4 is 72.4 Å². The third kappa shape index (κ3) is 5.17. The van der Waals surface area contributed by atoms with Crippen LogP contribution in [0.2, 0.25) is 0 Å². The molecule has 0 spiro atoms. The van der Waals surface area contributed by atoms with Crippen LogP contribution in [0.15, 0.2) is 224 Å². The molecule has 0 amide bonds. The molecule has 1 nitrogen and oxygen atoms in total. The van der Waals surface area contributed by atoms with E-state index in [9.17, 15) is 0 Å². The van der Waals surface area contributed by atoms with Gasteiger partial charge in [0, 0.05) is 0 Å². The van der Waals surface area contributed by atoms with Crippen LogP contribution in [0.1, 0.15) is 22.3 Å². The second-order valence-electron chi connectivity index (χ2n) is 15.6. The van der Waals surface area contributed by atoms with Crippen molar-refractivity contribution in [2.45, 2.75) is 5.41 Å². The van der Waals surface area contributed by atoms with Gasteiger partial charge in [0.25, 0.3) is 0 Å². The summed E-state index contributed by atoms with van der Waals surface area (Å²) in [5, 5.41) is 8.01. The van der Waals surface area contributed by atoms with Gasteiger partial charge in [-0.25, -0.2) is 0 Å². The molecular formula is C57H37NSe. The summed E-state index contributed by atoms with van der Waals surface area (Å²) in [7, 11) is 0. The maximum atomic E-state index is 2.51. The van der Waals surface area contributed by atoms with E-state index in [1.807, 2.05) is 0 Å². The summed E-state index contributed by atoms with van der Waals surface area (Å²) in [5.74, 6) is 0. The van der Waals surface area contributed by atoms with Gasteiger partial charge in [-0.15, -0.1) is 0 Å². The molecule has 1 aliphatic carbocycles. The third-order valence-corrected chi connectivity index (χ3v) is 15.0. The Labute approximate surface area is 349 Å². The van der Waals surface area contributed by atoms with E-state index in [0.717, 1.165) is 17.1 Å². The van der Waals surface area contributed by atoms with Crippen LogP contribution in [0.5, 0.6) is 0 Å². The van der Waals surface area contributed by atoms with Gasteiger partial charge >= 0.3 is 297 Å². The minimum Gasteiger partial charge on any atom is -0.0617 e. The zero-order chi connectivity index (χ0) is 38.9. The van der Waals surface area contributed by atoms with Crippen molar-refractivity contribution in [3.8, 4) is 22.3 Å². The van der Waals surface area contributed by atoms with E-state index in [0.29, 0.717) is 0 Å². The van der Waals surface area contributed by atoms with Crippen molar-refractivity contribution < 1.29 is 0 Å². The first-order valence-corrected chi connectivity index (χ1v) is 22.1. The molecule has 1 aliphatic rings. The molecule has 0 unspecified atom stereocenters. The van der Waals surface area contributed by atoms with Crippen molar-refractivity contribution in [2.75, 3.05) is 4.90 Å². The first-order valence-electron chi connectivity index (χ1n) is 20.3. The number of benzene rings is 10. The van der Waals surface area contributed by atoms with Crippen molar-refractivity contribution in [2.24, 2.45) is 0 Å². The number of nitrogens with zero attached hydrogens (tertiary/aromatic N) is 1. The van der Waals surface area contributed by atoms with Crippen LogP contribution in [-0.2, 0) is 5.41 Å². The minimum absolute atomic E-state index is 0.227. The molecule has 59 heavy (non-hydrogen) atoms. The van der Waals surface area contributed by atoms with E-state index in [2.05, 4.69) is 229 Å². The molecule has 0 fully saturated rings. The second-order valence-corrected chi connectivity index (χ2v) is 17.8. The van der Waals surface area contributed by atoms with E-state index in [4.69, 9.17) is 0 Å². The average molecular weight is 815 g/mol. The summed E-state index contributed by atoms with van der Waals surface area (Å²) in [6.45, 7) is 0. The first kappa shape index (κ1) is 34.1. The van der Waals surface area contributed by atoms with Crippen molar-refractivity contribution in [1.82, 2.24) is 0 Å². The molecule has 0 atom stereocenters. The van der Waals surface area contributed by atoms with Crippen LogP contribution in [0, 0.1) is 0 Å². The molecular weight excluding hydrogens is 778 g/mol. The summed E-state index contributed by atoms with van der Waals surface area (Å²) < 4.78 is 2.96. The molecule has 12 rings (SSSR count). The number of hydrogen-bond acceptors (Lipinski definition) is 1. The van der Waals surface area contributed by atoms with Gasteiger partial charge in [0.1, 0.15) is 0 Å². The quantitative estimate of drug-likeness (QED) is 0.119. The van der Waals surface area contributed by atoms with Crippen molar-refractivity contribution in [3.63, 3.8) is 0 Å². The van der Waals surface area contributed by atoms with E-state index in [-0.39, 0.29) is 14.5 Å². The molecule has 10 aromatic carbocycles. The Kier molecular flexibility index (Phi) is 7.85. The maximum absolute atomic E-state index is 2.51. The van der Waals surface area contributed by atoms with Crippen LogP contribution >= 0.6 is 0 Å². The van der Waals surface area contributed by atoms with Gasteiger partial charge in [0.2, 0.25) is 0 Å². The Morgan fingerprint density at radius 1 is 0.390 bits per heavy atom. The van der Waals surface area contributed by atoms with Gasteiger partial charge in [-0.3, -0.25) is 0 Å². The molecule has 0 bridgehead atoms. The monoisotopic (exact) mass is 815 g/mol. The van der Waals surface area contributed by atoms with Gasteiger partial charge in [0.15, 0.2) is 0 Å². The zero-order valence-corrected chi connectivity index (χ0v) is 33.9. The predicted molar refractivity (Wildman–Crippen MR) is 251 cm³/mol. The van der Waals surface area contributed by atoms with Crippen molar-refractivity contribution in [1.29, 1.82) is 0 Å².